The van der Waals surface area contributed by atoms with E-state index in [0.717, 1.165) is 43.2 Å². The lowest BCUT2D eigenvalue weighted by Gasteiger charge is -2.39. The summed E-state index contributed by atoms with van der Waals surface area (Å²) in [6.45, 7) is 1.91. The van der Waals surface area contributed by atoms with Gasteiger partial charge in [-0.05, 0) is 30.6 Å². The molecule has 0 aromatic heterocycles. The fraction of sp³-hybridized carbons (Fsp3) is 0.600. The molecule has 0 amide bonds. The zero-order valence-corrected chi connectivity index (χ0v) is 15.6. The average Bonchev–Trinajstić information content (AvgIpc) is 3.07. The molecule has 0 radical (unpaired) electrons. The minimum absolute atomic E-state index is 0.123. The Morgan fingerprint density at radius 1 is 1.12 bits per heavy atom. The van der Waals surface area contributed by atoms with E-state index in [4.69, 9.17) is 17.1 Å². The molecule has 5 heteroatoms. The summed E-state index contributed by atoms with van der Waals surface area (Å²) in [5.74, 6) is 0. The van der Waals surface area contributed by atoms with Crippen LogP contribution in [0.15, 0.2) is 35.5 Å². The predicted octanol–water partition coefficient (Wildman–Crippen LogP) is 3.85. The van der Waals surface area contributed by atoms with Crippen molar-refractivity contribution in [3.05, 3.63) is 35.9 Å². The van der Waals surface area contributed by atoms with Gasteiger partial charge in [-0.3, -0.25) is 0 Å². The van der Waals surface area contributed by atoms with Gasteiger partial charge in [-0.2, -0.15) is 0 Å². The molecule has 3 aliphatic rings. The topological polar surface area (TPSA) is 36.9 Å². The Labute approximate surface area is 155 Å². The molecule has 1 spiro atoms. The van der Waals surface area contributed by atoms with Crippen LogP contribution in [-0.4, -0.2) is 40.5 Å². The molecule has 0 atom stereocenters. The second kappa shape index (κ2) is 7.32. The van der Waals surface area contributed by atoms with Gasteiger partial charge < -0.3 is 15.1 Å². The van der Waals surface area contributed by atoms with Gasteiger partial charge in [0.25, 0.3) is 0 Å². The van der Waals surface area contributed by atoms with Crippen molar-refractivity contribution < 1.29 is 4.84 Å². The van der Waals surface area contributed by atoms with E-state index in [0.29, 0.717) is 6.04 Å². The Morgan fingerprint density at radius 2 is 1.84 bits per heavy atom. The van der Waals surface area contributed by atoms with Crippen LogP contribution >= 0.6 is 12.2 Å². The molecule has 1 aliphatic carbocycles. The van der Waals surface area contributed by atoms with Crippen molar-refractivity contribution in [1.29, 1.82) is 0 Å². The molecule has 1 saturated heterocycles. The van der Waals surface area contributed by atoms with Crippen LogP contribution in [0, 0.1) is 0 Å². The highest BCUT2D eigenvalue weighted by Crippen LogP contribution is 2.36. The molecule has 134 valence electrons. The Morgan fingerprint density at radius 3 is 2.56 bits per heavy atom. The molecule has 25 heavy (non-hydrogen) atoms. The van der Waals surface area contributed by atoms with Crippen LogP contribution in [0.25, 0.3) is 0 Å². The van der Waals surface area contributed by atoms with Crippen LogP contribution in [0.3, 0.4) is 0 Å². The maximum atomic E-state index is 5.92. The summed E-state index contributed by atoms with van der Waals surface area (Å²) in [5, 5.41) is 8.92. The lowest BCUT2D eigenvalue weighted by atomic mass is 9.85. The van der Waals surface area contributed by atoms with E-state index < -0.39 is 0 Å². The van der Waals surface area contributed by atoms with Crippen LogP contribution in [0.2, 0.25) is 0 Å². The maximum absolute atomic E-state index is 5.92. The maximum Gasteiger partial charge on any atom is 0.169 e. The number of likely N-dealkylation sites (tertiary alicyclic amines) is 1. The van der Waals surface area contributed by atoms with Crippen molar-refractivity contribution in [1.82, 2.24) is 10.2 Å². The van der Waals surface area contributed by atoms with Crippen molar-refractivity contribution in [3.8, 4) is 0 Å². The first kappa shape index (κ1) is 16.8. The van der Waals surface area contributed by atoms with E-state index in [2.05, 4.69) is 39.6 Å². The third kappa shape index (κ3) is 3.81. The number of piperidine rings is 1. The Bertz CT molecular complexity index is 632. The minimum Gasteiger partial charge on any atom is -0.388 e. The van der Waals surface area contributed by atoms with E-state index in [1.807, 2.05) is 6.07 Å². The number of hydrogen-bond donors (Lipinski definition) is 1. The first-order valence-electron chi connectivity index (χ1n) is 9.60. The van der Waals surface area contributed by atoms with Crippen molar-refractivity contribution >= 4 is 23.0 Å². The normalized spacial score (nSPS) is 23.2. The molecule has 4 nitrogen and oxygen atoms in total. The monoisotopic (exact) mass is 357 g/mol. The van der Waals surface area contributed by atoms with Gasteiger partial charge in [0, 0.05) is 38.4 Å². The average molecular weight is 358 g/mol. The van der Waals surface area contributed by atoms with Gasteiger partial charge in [0.2, 0.25) is 0 Å². The summed E-state index contributed by atoms with van der Waals surface area (Å²) in [6.07, 6.45) is 9.43. The number of oxime groups is 1. The number of benzene rings is 1. The standard InChI is InChI=1S/C20H27N3OS/c25-19(21-17-9-5-2-6-10-17)23-13-11-20(12-14-23)15-18(22-24-20)16-7-3-1-4-8-16/h1,3-4,7-8,17H,2,5-6,9-15H2,(H,21,25). The molecule has 0 unspecified atom stereocenters. The van der Waals surface area contributed by atoms with E-state index in [9.17, 15) is 0 Å². The van der Waals surface area contributed by atoms with Crippen LogP contribution in [0.4, 0.5) is 0 Å². The van der Waals surface area contributed by atoms with Gasteiger partial charge in [0.1, 0.15) is 5.60 Å². The summed E-state index contributed by atoms with van der Waals surface area (Å²) in [6, 6.07) is 10.9. The molecule has 1 aromatic rings. The molecule has 1 saturated carbocycles. The summed E-state index contributed by atoms with van der Waals surface area (Å²) >= 11 is 5.66. The minimum atomic E-state index is -0.123. The third-order valence-corrected chi connectivity index (χ3v) is 6.22. The molecule has 2 fully saturated rings. The van der Waals surface area contributed by atoms with E-state index in [1.54, 1.807) is 0 Å². The summed E-state index contributed by atoms with van der Waals surface area (Å²) in [4.78, 5) is 8.24. The van der Waals surface area contributed by atoms with Crippen LogP contribution in [-0.2, 0) is 4.84 Å². The smallest absolute Gasteiger partial charge is 0.169 e. The van der Waals surface area contributed by atoms with Gasteiger partial charge in [0.15, 0.2) is 5.11 Å². The molecule has 4 rings (SSSR count). The Hall–Kier alpha value is -1.62. The van der Waals surface area contributed by atoms with Gasteiger partial charge >= 0.3 is 0 Å². The highest BCUT2D eigenvalue weighted by molar-refractivity contribution is 7.80. The number of nitrogens with one attached hydrogen (secondary N) is 1. The van der Waals surface area contributed by atoms with Crippen molar-refractivity contribution in [2.75, 3.05) is 13.1 Å². The van der Waals surface area contributed by atoms with Crippen molar-refractivity contribution in [2.24, 2.45) is 5.16 Å². The third-order valence-electron chi connectivity index (χ3n) is 5.84. The highest BCUT2D eigenvalue weighted by Gasteiger charge is 2.42. The van der Waals surface area contributed by atoms with E-state index in [1.165, 1.54) is 37.7 Å². The first-order valence-corrected chi connectivity index (χ1v) is 10.0. The zero-order chi connectivity index (χ0) is 17.1. The van der Waals surface area contributed by atoms with Gasteiger partial charge in [-0.15, -0.1) is 0 Å². The predicted molar refractivity (Wildman–Crippen MR) is 105 cm³/mol. The summed E-state index contributed by atoms with van der Waals surface area (Å²) in [5.41, 5.74) is 2.13. The van der Waals surface area contributed by atoms with E-state index >= 15 is 0 Å². The quantitative estimate of drug-likeness (QED) is 0.816. The highest BCUT2D eigenvalue weighted by atomic mass is 32.1. The fourth-order valence-electron chi connectivity index (χ4n) is 4.21. The molecule has 0 bridgehead atoms. The SMILES string of the molecule is S=C(NC1CCCCC1)N1CCC2(CC1)CC(c1ccccc1)=NO2. The summed E-state index contributed by atoms with van der Waals surface area (Å²) < 4.78 is 0. The van der Waals surface area contributed by atoms with Gasteiger partial charge in [-0.25, -0.2) is 0 Å². The first-order chi connectivity index (χ1) is 12.2. The fourth-order valence-corrected chi connectivity index (χ4v) is 4.55. The Kier molecular flexibility index (Phi) is 4.93. The van der Waals surface area contributed by atoms with E-state index in [-0.39, 0.29) is 5.60 Å². The van der Waals surface area contributed by atoms with Crippen LogP contribution in [0.1, 0.15) is 56.9 Å². The molecule has 2 heterocycles. The Balaban J connectivity index is 1.29. The van der Waals surface area contributed by atoms with Gasteiger partial charge in [0.05, 0.1) is 5.71 Å². The number of thiocarbonyl (C=S) groups is 1. The molecule has 2 aliphatic heterocycles. The van der Waals surface area contributed by atoms with Crippen molar-refractivity contribution in [2.45, 2.75) is 63.0 Å². The lowest BCUT2D eigenvalue weighted by Crippen LogP contribution is -2.52. The second-order valence-corrected chi connectivity index (χ2v) is 8.01. The number of rotatable bonds is 2. The zero-order valence-electron chi connectivity index (χ0n) is 14.7. The molecular weight excluding hydrogens is 330 g/mol. The largest absolute Gasteiger partial charge is 0.388 e. The van der Waals surface area contributed by atoms with Crippen molar-refractivity contribution in [3.63, 3.8) is 0 Å². The second-order valence-electron chi connectivity index (χ2n) is 7.63. The lowest BCUT2D eigenvalue weighted by molar-refractivity contribution is -0.0525. The molecule has 1 N–H and O–H groups in total. The van der Waals surface area contributed by atoms with Gasteiger partial charge in [-0.1, -0.05) is 54.8 Å². The number of nitrogens with zero attached hydrogens (tertiary/aromatic N) is 2. The van der Waals surface area contributed by atoms with Crippen LogP contribution < -0.4 is 5.32 Å². The van der Waals surface area contributed by atoms with Crippen LogP contribution in [0.5, 0.6) is 0 Å². The molecule has 1 aromatic carbocycles. The summed E-state index contributed by atoms with van der Waals surface area (Å²) in [7, 11) is 0. The molecular formula is C20H27N3OS. The number of hydrogen-bond acceptors (Lipinski definition) is 3.